The van der Waals surface area contributed by atoms with E-state index in [0.717, 1.165) is 0 Å². The van der Waals surface area contributed by atoms with Gasteiger partial charge in [0.15, 0.2) is 0 Å². The molecule has 0 aliphatic rings. The van der Waals surface area contributed by atoms with Crippen LogP contribution in [0.3, 0.4) is 0 Å². The molecule has 108 valence electrons. The predicted molar refractivity (Wildman–Crippen MR) is 65.7 cm³/mol. The average molecular weight is 264 g/mol. The second-order valence-corrected chi connectivity index (χ2v) is 4.23. The van der Waals surface area contributed by atoms with E-state index >= 15 is 0 Å². The molecule has 0 saturated heterocycles. The highest BCUT2D eigenvalue weighted by molar-refractivity contribution is 5.71. The van der Waals surface area contributed by atoms with Gasteiger partial charge in [0.2, 0.25) is 0 Å². The van der Waals surface area contributed by atoms with Gasteiger partial charge in [0, 0.05) is 0 Å². The van der Waals surface area contributed by atoms with E-state index in [2.05, 4.69) is 0 Å². The summed E-state index contributed by atoms with van der Waals surface area (Å²) in [6.07, 6.45) is 0.119. The minimum absolute atomic E-state index is 0.0245. The fraction of sp³-hybridized carbons (Fsp3) is 0.909. The molecule has 0 bridgehead atoms. The standard InChI is InChI=1S/C11H24N2O5/c1-9(14)3-5-17-7-13(11(12)16)8-18-6-4-10(2)15/h9-10,14-15H,3-8H2,1-2H3,(H2,12,16). The van der Waals surface area contributed by atoms with Crippen molar-refractivity contribution in [3.05, 3.63) is 0 Å². The van der Waals surface area contributed by atoms with Gasteiger partial charge < -0.3 is 25.4 Å². The predicted octanol–water partition coefficient (Wildman–Crippen LogP) is -0.143. The third kappa shape index (κ3) is 10.3. The Hall–Kier alpha value is -0.890. The summed E-state index contributed by atoms with van der Waals surface area (Å²) in [5.41, 5.74) is 5.15. The van der Waals surface area contributed by atoms with Gasteiger partial charge in [-0.1, -0.05) is 0 Å². The number of ether oxygens (including phenoxy) is 2. The number of hydrogen-bond donors (Lipinski definition) is 3. The van der Waals surface area contributed by atoms with Crippen LogP contribution in [-0.4, -0.2) is 60.0 Å². The summed E-state index contributed by atoms with van der Waals surface area (Å²) in [6, 6.07) is -0.635. The molecule has 0 fully saturated rings. The van der Waals surface area contributed by atoms with Gasteiger partial charge in [-0.05, 0) is 26.7 Å². The molecule has 7 nitrogen and oxygen atoms in total. The van der Waals surface area contributed by atoms with Crippen LogP contribution in [0.1, 0.15) is 26.7 Å². The summed E-state index contributed by atoms with van der Waals surface area (Å²) in [4.78, 5) is 12.2. The number of hydrogen-bond acceptors (Lipinski definition) is 5. The maximum absolute atomic E-state index is 11.0. The molecule has 0 heterocycles. The zero-order chi connectivity index (χ0) is 14.0. The molecular weight excluding hydrogens is 240 g/mol. The average Bonchev–Trinajstić information content (AvgIpc) is 2.25. The van der Waals surface area contributed by atoms with Crippen molar-refractivity contribution in [2.24, 2.45) is 5.73 Å². The highest BCUT2D eigenvalue weighted by Gasteiger charge is 2.09. The van der Waals surface area contributed by atoms with Crippen LogP contribution in [0.2, 0.25) is 0 Å². The molecule has 2 atom stereocenters. The molecule has 7 heteroatoms. The third-order valence-corrected chi connectivity index (χ3v) is 2.17. The lowest BCUT2D eigenvalue weighted by Gasteiger charge is -2.20. The number of nitrogens with two attached hydrogens (primary N) is 1. The Morgan fingerprint density at radius 1 is 1.11 bits per heavy atom. The first-order valence-electron chi connectivity index (χ1n) is 5.99. The molecule has 0 saturated carbocycles. The van der Waals surface area contributed by atoms with Crippen molar-refractivity contribution >= 4 is 6.03 Å². The SMILES string of the molecule is CC(O)CCOCN(COCCC(C)O)C(N)=O. The van der Waals surface area contributed by atoms with E-state index in [-0.39, 0.29) is 13.5 Å². The molecule has 2 unspecified atom stereocenters. The van der Waals surface area contributed by atoms with Crippen LogP contribution in [0.5, 0.6) is 0 Å². The van der Waals surface area contributed by atoms with E-state index in [1.165, 1.54) is 4.90 Å². The van der Waals surface area contributed by atoms with E-state index in [1.807, 2.05) is 0 Å². The van der Waals surface area contributed by atoms with Crippen LogP contribution < -0.4 is 5.73 Å². The zero-order valence-electron chi connectivity index (χ0n) is 11.0. The monoisotopic (exact) mass is 264 g/mol. The molecule has 0 aromatic heterocycles. The molecule has 0 spiro atoms. The summed E-state index contributed by atoms with van der Waals surface area (Å²) < 4.78 is 10.4. The highest BCUT2D eigenvalue weighted by atomic mass is 16.5. The number of rotatable bonds is 10. The Kier molecular flexibility index (Phi) is 9.57. The van der Waals surface area contributed by atoms with Gasteiger partial charge in [-0.3, -0.25) is 4.90 Å². The van der Waals surface area contributed by atoms with Gasteiger partial charge >= 0.3 is 6.03 Å². The van der Waals surface area contributed by atoms with Crippen LogP contribution >= 0.6 is 0 Å². The van der Waals surface area contributed by atoms with Gasteiger partial charge in [-0.2, -0.15) is 0 Å². The van der Waals surface area contributed by atoms with Gasteiger partial charge in [0.05, 0.1) is 25.4 Å². The minimum Gasteiger partial charge on any atom is -0.393 e. The number of urea groups is 1. The summed E-state index contributed by atoms with van der Waals surface area (Å²) in [5.74, 6) is 0. The molecule has 0 rings (SSSR count). The fourth-order valence-electron chi connectivity index (χ4n) is 1.02. The Balaban J connectivity index is 3.69. The highest BCUT2D eigenvalue weighted by Crippen LogP contribution is 1.96. The summed E-state index contributed by atoms with van der Waals surface area (Å²) in [7, 11) is 0. The van der Waals surface area contributed by atoms with Crippen LogP contribution in [0.25, 0.3) is 0 Å². The molecule has 0 radical (unpaired) electrons. The molecule has 0 aromatic carbocycles. The van der Waals surface area contributed by atoms with E-state index < -0.39 is 18.2 Å². The number of aliphatic hydroxyl groups excluding tert-OH is 2. The number of aliphatic hydroxyl groups is 2. The van der Waals surface area contributed by atoms with Crippen LogP contribution in [-0.2, 0) is 9.47 Å². The van der Waals surface area contributed by atoms with E-state index in [9.17, 15) is 4.79 Å². The van der Waals surface area contributed by atoms with Crippen molar-refractivity contribution in [3.63, 3.8) is 0 Å². The lowest BCUT2D eigenvalue weighted by atomic mass is 10.3. The Bertz CT molecular complexity index is 207. The smallest absolute Gasteiger partial charge is 0.318 e. The van der Waals surface area contributed by atoms with Crippen LogP contribution in [0, 0.1) is 0 Å². The van der Waals surface area contributed by atoms with Crippen molar-refractivity contribution < 1.29 is 24.5 Å². The molecule has 0 aliphatic carbocycles. The zero-order valence-corrected chi connectivity index (χ0v) is 11.0. The van der Waals surface area contributed by atoms with Gasteiger partial charge in [0.1, 0.15) is 13.5 Å². The first-order chi connectivity index (χ1) is 8.43. The Morgan fingerprint density at radius 3 is 1.78 bits per heavy atom. The number of carbonyl (C=O) groups is 1. The summed E-state index contributed by atoms with van der Waals surface area (Å²) in [6.45, 7) is 4.06. The first-order valence-corrected chi connectivity index (χ1v) is 5.99. The maximum Gasteiger partial charge on any atom is 0.318 e. The van der Waals surface area contributed by atoms with Crippen LogP contribution in [0.15, 0.2) is 0 Å². The number of carbonyl (C=O) groups excluding carboxylic acids is 1. The summed E-state index contributed by atoms with van der Waals surface area (Å²) >= 11 is 0. The molecule has 2 amide bonds. The second-order valence-electron chi connectivity index (χ2n) is 4.23. The largest absolute Gasteiger partial charge is 0.393 e. The second kappa shape index (κ2) is 10.1. The van der Waals surface area contributed by atoms with Crippen molar-refractivity contribution in [2.75, 3.05) is 26.7 Å². The van der Waals surface area contributed by atoms with Crippen molar-refractivity contribution in [3.8, 4) is 0 Å². The quantitative estimate of drug-likeness (QED) is 0.376. The van der Waals surface area contributed by atoms with Gasteiger partial charge in [-0.25, -0.2) is 4.79 Å². The normalized spacial score (nSPS) is 14.2. The molecule has 4 N–H and O–H groups in total. The molecule has 0 aromatic rings. The van der Waals surface area contributed by atoms with Crippen molar-refractivity contribution in [2.45, 2.75) is 38.9 Å². The lowest BCUT2D eigenvalue weighted by Crippen LogP contribution is -2.39. The number of nitrogens with zero attached hydrogens (tertiary/aromatic N) is 1. The minimum atomic E-state index is -0.635. The van der Waals surface area contributed by atoms with Crippen LogP contribution in [0.4, 0.5) is 4.79 Å². The summed E-state index contributed by atoms with van der Waals surface area (Å²) in [5, 5.41) is 18.0. The molecule has 18 heavy (non-hydrogen) atoms. The van der Waals surface area contributed by atoms with E-state index in [4.69, 9.17) is 25.4 Å². The maximum atomic E-state index is 11.0. The molecule has 0 aliphatic heterocycles. The third-order valence-electron chi connectivity index (χ3n) is 2.17. The Morgan fingerprint density at radius 2 is 1.50 bits per heavy atom. The van der Waals surface area contributed by atoms with E-state index in [1.54, 1.807) is 13.8 Å². The molecular formula is C11H24N2O5. The van der Waals surface area contributed by atoms with Gasteiger partial charge in [0.25, 0.3) is 0 Å². The topological polar surface area (TPSA) is 105 Å². The number of primary amides is 1. The van der Waals surface area contributed by atoms with Crippen molar-refractivity contribution in [1.29, 1.82) is 0 Å². The van der Waals surface area contributed by atoms with Gasteiger partial charge in [-0.15, -0.1) is 0 Å². The van der Waals surface area contributed by atoms with E-state index in [0.29, 0.717) is 26.1 Å². The Labute approximate surface area is 107 Å². The van der Waals surface area contributed by atoms with Crippen molar-refractivity contribution in [1.82, 2.24) is 4.90 Å². The fourth-order valence-corrected chi connectivity index (χ4v) is 1.02. The first kappa shape index (κ1) is 17.1. The number of amides is 2. The lowest BCUT2D eigenvalue weighted by molar-refractivity contribution is -0.0293.